The van der Waals surface area contributed by atoms with E-state index >= 15 is 0 Å². The van der Waals surface area contributed by atoms with E-state index in [2.05, 4.69) is 24.2 Å². The normalized spacial score (nSPS) is 40.7. The molecule has 1 spiro atoms. The fraction of sp³-hybridized carbons (Fsp3) is 1.00. The van der Waals surface area contributed by atoms with Crippen LogP contribution in [0.4, 0.5) is 0 Å². The van der Waals surface area contributed by atoms with Crippen molar-refractivity contribution in [2.75, 3.05) is 20.1 Å². The molecule has 3 fully saturated rings. The van der Waals surface area contributed by atoms with Gasteiger partial charge in [-0.3, -0.25) is 4.90 Å². The first-order chi connectivity index (χ1) is 8.72. The lowest BCUT2D eigenvalue weighted by Gasteiger charge is -2.41. The van der Waals surface area contributed by atoms with Crippen LogP contribution in [0, 0.1) is 11.3 Å². The third kappa shape index (κ3) is 2.34. The highest BCUT2D eigenvalue weighted by Gasteiger charge is 2.44. The fourth-order valence-corrected chi connectivity index (χ4v) is 4.88. The first-order valence-corrected chi connectivity index (χ1v) is 8.14. The number of hydrogen-bond donors (Lipinski definition) is 1. The molecule has 104 valence electrons. The van der Waals surface area contributed by atoms with Crippen LogP contribution in [-0.2, 0) is 0 Å². The Morgan fingerprint density at radius 1 is 1.11 bits per heavy atom. The van der Waals surface area contributed by atoms with E-state index in [1.54, 1.807) is 0 Å². The quantitative estimate of drug-likeness (QED) is 0.810. The van der Waals surface area contributed by atoms with Gasteiger partial charge in [0.1, 0.15) is 0 Å². The van der Waals surface area contributed by atoms with E-state index in [1.807, 2.05) is 0 Å². The van der Waals surface area contributed by atoms with E-state index < -0.39 is 0 Å². The SMILES string of the molecule is CNC1CCC(C)CC1N1CCC2(CCCC2)C1. The Labute approximate surface area is 113 Å². The maximum Gasteiger partial charge on any atom is 0.0251 e. The molecule has 0 bridgehead atoms. The maximum atomic E-state index is 3.59. The summed E-state index contributed by atoms with van der Waals surface area (Å²) in [6.07, 6.45) is 11.7. The highest BCUT2D eigenvalue weighted by Crippen LogP contribution is 2.46. The molecule has 2 heteroatoms. The molecule has 3 atom stereocenters. The van der Waals surface area contributed by atoms with Gasteiger partial charge < -0.3 is 5.32 Å². The van der Waals surface area contributed by atoms with Crippen molar-refractivity contribution in [2.24, 2.45) is 11.3 Å². The predicted octanol–water partition coefficient (Wildman–Crippen LogP) is 3.03. The van der Waals surface area contributed by atoms with Gasteiger partial charge in [-0.2, -0.15) is 0 Å². The van der Waals surface area contributed by atoms with E-state index in [4.69, 9.17) is 0 Å². The highest BCUT2D eigenvalue weighted by molar-refractivity contribution is 4.99. The second-order valence-electron chi connectivity index (χ2n) is 7.31. The molecule has 2 nitrogen and oxygen atoms in total. The van der Waals surface area contributed by atoms with Crippen molar-refractivity contribution in [1.82, 2.24) is 10.2 Å². The minimum Gasteiger partial charge on any atom is -0.315 e. The molecule has 1 saturated heterocycles. The van der Waals surface area contributed by atoms with Crippen LogP contribution >= 0.6 is 0 Å². The van der Waals surface area contributed by atoms with Gasteiger partial charge in [-0.1, -0.05) is 19.8 Å². The van der Waals surface area contributed by atoms with Gasteiger partial charge in [0.25, 0.3) is 0 Å². The van der Waals surface area contributed by atoms with Crippen LogP contribution in [0.3, 0.4) is 0 Å². The zero-order valence-electron chi connectivity index (χ0n) is 12.3. The largest absolute Gasteiger partial charge is 0.315 e. The van der Waals surface area contributed by atoms with Crippen molar-refractivity contribution in [3.8, 4) is 0 Å². The summed E-state index contributed by atoms with van der Waals surface area (Å²) < 4.78 is 0. The van der Waals surface area contributed by atoms with Gasteiger partial charge in [-0.05, 0) is 63.5 Å². The average molecular weight is 250 g/mol. The Morgan fingerprint density at radius 3 is 2.61 bits per heavy atom. The second-order valence-corrected chi connectivity index (χ2v) is 7.31. The molecule has 2 saturated carbocycles. The molecule has 3 unspecified atom stereocenters. The van der Waals surface area contributed by atoms with Crippen LogP contribution < -0.4 is 5.32 Å². The van der Waals surface area contributed by atoms with Gasteiger partial charge in [0.05, 0.1) is 0 Å². The molecule has 18 heavy (non-hydrogen) atoms. The van der Waals surface area contributed by atoms with Crippen LogP contribution in [0.25, 0.3) is 0 Å². The van der Waals surface area contributed by atoms with Gasteiger partial charge in [0.15, 0.2) is 0 Å². The minimum absolute atomic E-state index is 0.735. The van der Waals surface area contributed by atoms with Gasteiger partial charge in [0, 0.05) is 18.6 Å². The summed E-state index contributed by atoms with van der Waals surface area (Å²) in [6.45, 7) is 5.22. The van der Waals surface area contributed by atoms with Crippen LogP contribution in [-0.4, -0.2) is 37.1 Å². The third-order valence-electron chi connectivity index (χ3n) is 6.05. The Balaban J connectivity index is 1.66. The van der Waals surface area contributed by atoms with Crippen molar-refractivity contribution < 1.29 is 0 Å². The lowest BCUT2D eigenvalue weighted by atomic mass is 9.82. The highest BCUT2D eigenvalue weighted by atomic mass is 15.2. The molecule has 0 aromatic rings. The molecule has 0 radical (unpaired) electrons. The standard InChI is InChI=1S/C16H30N2/c1-13-5-6-14(17-2)15(11-13)18-10-9-16(12-18)7-3-4-8-16/h13-15,17H,3-12H2,1-2H3. The fourth-order valence-electron chi connectivity index (χ4n) is 4.88. The van der Waals surface area contributed by atoms with Crippen molar-refractivity contribution in [3.63, 3.8) is 0 Å². The molecule has 1 aliphatic heterocycles. The summed E-state index contributed by atoms with van der Waals surface area (Å²) in [5, 5.41) is 3.59. The topological polar surface area (TPSA) is 15.3 Å². The van der Waals surface area contributed by atoms with Crippen LogP contribution in [0.2, 0.25) is 0 Å². The lowest BCUT2D eigenvalue weighted by Crippen LogP contribution is -2.51. The van der Waals surface area contributed by atoms with Gasteiger partial charge in [-0.15, -0.1) is 0 Å². The summed E-state index contributed by atoms with van der Waals surface area (Å²) in [4.78, 5) is 2.85. The molecule has 0 aromatic carbocycles. The summed E-state index contributed by atoms with van der Waals surface area (Å²) in [6, 6.07) is 1.57. The smallest absolute Gasteiger partial charge is 0.0251 e. The molecule has 1 N–H and O–H groups in total. The second kappa shape index (κ2) is 5.13. The molecule has 2 aliphatic carbocycles. The zero-order valence-corrected chi connectivity index (χ0v) is 12.3. The zero-order chi connectivity index (χ0) is 12.6. The number of nitrogens with one attached hydrogen (secondary N) is 1. The van der Waals surface area contributed by atoms with Crippen LogP contribution in [0.5, 0.6) is 0 Å². The van der Waals surface area contributed by atoms with Gasteiger partial charge in [0.2, 0.25) is 0 Å². The molecular weight excluding hydrogens is 220 g/mol. The maximum absolute atomic E-state index is 3.59. The van der Waals surface area contributed by atoms with Crippen molar-refractivity contribution >= 4 is 0 Å². The molecule has 3 rings (SSSR count). The van der Waals surface area contributed by atoms with Gasteiger partial charge in [-0.25, -0.2) is 0 Å². The Kier molecular flexibility index (Phi) is 3.68. The molecule has 0 aromatic heterocycles. The molecule has 0 amide bonds. The first-order valence-electron chi connectivity index (χ1n) is 8.14. The Bertz CT molecular complexity index is 283. The van der Waals surface area contributed by atoms with Crippen LogP contribution in [0.1, 0.15) is 58.3 Å². The molecule has 1 heterocycles. The van der Waals surface area contributed by atoms with Crippen molar-refractivity contribution in [3.05, 3.63) is 0 Å². The molecule has 3 aliphatic rings. The summed E-state index contributed by atoms with van der Waals surface area (Å²) in [5.74, 6) is 0.930. The van der Waals surface area contributed by atoms with Crippen LogP contribution in [0.15, 0.2) is 0 Å². The van der Waals surface area contributed by atoms with E-state index in [9.17, 15) is 0 Å². The number of rotatable bonds is 2. The van der Waals surface area contributed by atoms with Gasteiger partial charge >= 0.3 is 0 Å². The summed E-state index contributed by atoms with van der Waals surface area (Å²) in [5.41, 5.74) is 0.735. The Morgan fingerprint density at radius 2 is 1.89 bits per heavy atom. The summed E-state index contributed by atoms with van der Waals surface area (Å²) in [7, 11) is 2.16. The third-order valence-corrected chi connectivity index (χ3v) is 6.05. The summed E-state index contributed by atoms with van der Waals surface area (Å²) >= 11 is 0. The molecular formula is C16H30N2. The average Bonchev–Trinajstić information content (AvgIpc) is 3.00. The monoisotopic (exact) mass is 250 g/mol. The number of nitrogens with zero attached hydrogens (tertiary/aromatic N) is 1. The van der Waals surface area contributed by atoms with E-state index in [0.29, 0.717) is 0 Å². The van der Waals surface area contributed by atoms with E-state index in [-0.39, 0.29) is 0 Å². The first kappa shape index (κ1) is 12.9. The minimum atomic E-state index is 0.735. The predicted molar refractivity (Wildman–Crippen MR) is 76.7 cm³/mol. The van der Waals surface area contributed by atoms with E-state index in [1.165, 1.54) is 64.5 Å². The van der Waals surface area contributed by atoms with Crippen molar-refractivity contribution in [1.29, 1.82) is 0 Å². The Hall–Kier alpha value is -0.0800. The number of hydrogen-bond acceptors (Lipinski definition) is 2. The number of likely N-dealkylation sites (N-methyl/N-ethyl adjacent to an activating group) is 1. The lowest BCUT2D eigenvalue weighted by molar-refractivity contribution is 0.113. The van der Waals surface area contributed by atoms with E-state index in [0.717, 1.165) is 23.4 Å². The van der Waals surface area contributed by atoms with Crippen molar-refractivity contribution in [2.45, 2.75) is 70.4 Å². The number of likely N-dealkylation sites (tertiary alicyclic amines) is 1.